The maximum atomic E-state index is 10.0. The second kappa shape index (κ2) is 4.24. The smallest absolute Gasteiger partial charge is 0.123 e. The number of phenolic OH excluding ortho intramolecular Hbond substituents is 1. The molecule has 1 aromatic rings. The fraction of sp³-hybridized carbons (Fsp3) is 0.417. The van der Waals surface area contributed by atoms with Crippen LogP contribution in [0.2, 0.25) is 0 Å². The second-order valence-corrected chi connectivity index (χ2v) is 5.46. The van der Waals surface area contributed by atoms with Crippen LogP contribution >= 0.6 is 15.9 Å². The van der Waals surface area contributed by atoms with Crippen molar-refractivity contribution in [2.24, 2.45) is 0 Å². The predicted octanol–water partition coefficient (Wildman–Crippen LogP) is 3.52. The minimum atomic E-state index is -0.127. The summed E-state index contributed by atoms with van der Waals surface area (Å²) in [5.74, 6) is 0.243. The molecule has 0 spiro atoms. The van der Waals surface area contributed by atoms with Gasteiger partial charge in [0.05, 0.1) is 12.5 Å². The van der Waals surface area contributed by atoms with E-state index < -0.39 is 0 Å². The summed E-state index contributed by atoms with van der Waals surface area (Å²) < 4.78 is 0.899. The van der Waals surface area contributed by atoms with Gasteiger partial charge in [0, 0.05) is 15.6 Å². The summed E-state index contributed by atoms with van der Waals surface area (Å²) in [5, 5.41) is 18.7. The summed E-state index contributed by atoms with van der Waals surface area (Å²) in [6.45, 7) is 6.10. The number of halogens is 1. The fourth-order valence-electron chi connectivity index (χ4n) is 1.45. The quantitative estimate of drug-likeness (QED) is 0.846. The van der Waals surface area contributed by atoms with Crippen molar-refractivity contribution in [3.63, 3.8) is 0 Å². The van der Waals surface area contributed by atoms with Crippen LogP contribution in [0.1, 0.15) is 31.9 Å². The molecule has 1 N–H and O–H groups in total. The van der Waals surface area contributed by atoms with E-state index in [9.17, 15) is 5.11 Å². The third kappa shape index (κ3) is 2.73. The Morgan fingerprint density at radius 2 is 2.00 bits per heavy atom. The topological polar surface area (TPSA) is 44.0 Å². The van der Waals surface area contributed by atoms with Gasteiger partial charge in [-0.3, -0.25) is 0 Å². The van der Waals surface area contributed by atoms with Crippen LogP contribution in [0.5, 0.6) is 5.75 Å². The van der Waals surface area contributed by atoms with Gasteiger partial charge in [-0.15, -0.1) is 0 Å². The van der Waals surface area contributed by atoms with E-state index in [0.29, 0.717) is 5.56 Å². The van der Waals surface area contributed by atoms with Crippen LogP contribution in [0.25, 0.3) is 0 Å². The van der Waals surface area contributed by atoms with Crippen LogP contribution in [0.3, 0.4) is 0 Å². The SMILES string of the molecule is CC(C)(C)c1cc(Br)cc(CC#N)c1O. The molecule has 0 aliphatic rings. The molecule has 0 bridgehead atoms. The molecule has 0 saturated heterocycles. The van der Waals surface area contributed by atoms with E-state index in [0.717, 1.165) is 10.0 Å². The zero-order valence-corrected chi connectivity index (χ0v) is 10.7. The number of phenols is 1. The van der Waals surface area contributed by atoms with E-state index in [-0.39, 0.29) is 17.6 Å². The monoisotopic (exact) mass is 267 g/mol. The largest absolute Gasteiger partial charge is 0.507 e. The zero-order chi connectivity index (χ0) is 11.6. The summed E-state index contributed by atoms with van der Waals surface area (Å²) >= 11 is 3.39. The molecule has 0 fully saturated rings. The van der Waals surface area contributed by atoms with Crippen LogP contribution in [0.15, 0.2) is 16.6 Å². The number of benzene rings is 1. The zero-order valence-electron chi connectivity index (χ0n) is 9.13. The Balaban J connectivity index is 3.36. The summed E-state index contributed by atoms with van der Waals surface area (Å²) in [5.41, 5.74) is 1.41. The van der Waals surface area contributed by atoms with Gasteiger partial charge in [0.15, 0.2) is 0 Å². The van der Waals surface area contributed by atoms with Gasteiger partial charge >= 0.3 is 0 Å². The van der Waals surface area contributed by atoms with Crippen molar-refractivity contribution < 1.29 is 5.11 Å². The number of hydrogen-bond acceptors (Lipinski definition) is 2. The third-order valence-electron chi connectivity index (χ3n) is 2.23. The molecule has 0 heterocycles. The molecule has 1 rings (SSSR count). The molecular weight excluding hydrogens is 254 g/mol. The molecule has 0 aromatic heterocycles. The molecular formula is C12H14BrNO. The van der Waals surface area contributed by atoms with Crippen LogP contribution in [-0.4, -0.2) is 5.11 Å². The van der Waals surface area contributed by atoms with Gasteiger partial charge in [-0.05, 0) is 17.5 Å². The van der Waals surface area contributed by atoms with Crippen molar-refractivity contribution in [1.29, 1.82) is 5.26 Å². The Morgan fingerprint density at radius 1 is 1.40 bits per heavy atom. The molecule has 0 amide bonds. The van der Waals surface area contributed by atoms with Crippen molar-refractivity contribution in [2.75, 3.05) is 0 Å². The maximum absolute atomic E-state index is 10.0. The Kier molecular flexibility index (Phi) is 3.41. The summed E-state index contributed by atoms with van der Waals surface area (Å²) in [7, 11) is 0. The van der Waals surface area contributed by atoms with Gasteiger partial charge in [-0.25, -0.2) is 0 Å². The molecule has 2 nitrogen and oxygen atoms in total. The molecule has 0 saturated carbocycles. The van der Waals surface area contributed by atoms with E-state index in [1.54, 1.807) is 6.07 Å². The van der Waals surface area contributed by atoms with Gasteiger partial charge in [0.1, 0.15) is 5.75 Å². The molecule has 0 aliphatic heterocycles. The first-order valence-corrected chi connectivity index (χ1v) is 5.54. The molecule has 0 aliphatic carbocycles. The lowest BCUT2D eigenvalue weighted by atomic mass is 9.85. The highest BCUT2D eigenvalue weighted by Crippen LogP contribution is 2.35. The fourth-order valence-corrected chi connectivity index (χ4v) is 1.95. The normalized spacial score (nSPS) is 11.1. The van der Waals surface area contributed by atoms with Gasteiger partial charge in [-0.1, -0.05) is 36.7 Å². The summed E-state index contributed by atoms with van der Waals surface area (Å²) in [4.78, 5) is 0. The Morgan fingerprint density at radius 3 is 2.47 bits per heavy atom. The van der Waals surface area contributed by atoms with Gasteiger partial charge in [0.2, 0.25) is 0 Å². The summed E-state index contributed by atoms with van der Waals surface area (Å²) in [6.07, 6.45) is 0.231. The van der Waals surface area contributed by atoms with E-state index in [1.807, 2.05) is 32.9 Å². The van der Waals surface area contributed by atoms with E-state index in [1.165, 1.54) is 0 Å². The number of hydrogen-bond donors (Lipinski definition) is 1. The number of rotatable bonds is 1. The van der Waals surface area contributed by atoms with Crippen LogP contribution < -0.4 is 0 Å². The molecule has 15 heavy (non-hydrogen) atoms. The van der Waals surface area contributed by atoms with Crippen molar-refractivity contribution in [3.8, 4) is 11.8 Å². The molecule has 3 heteroatoms. The highest BCUT2D eigenvalue weighted by atomic mass is 79.9. The lowest BCUT2D eigenvalue weighted by Crippen LogP contribution is -2.12. The second-order valence-electron chi connectivity index (χ2n) is 4.55. The minimum Gasteiger partial charge on any atom is -0.507 e. The average molecular weight is 268 g/mol. The molecule has 0 unspecified atom stereocenters. The lowest BCUT2D eigenvalue weighted by molar-refractivity contribution is 0.441. The van der Waals surface area contributed by atoms with Crippen molar-refractivity contribution in [3.05, 3.63) is 27.7 Å². The Bertz CT molecular complexity index is 413. The first-order valence-electron chi connectivity index (χ1n) is 4.75. The van der Waals surface area contributed by atoms with Crippen molar-refractivity contribution in [2.45, 2.75) is 32.6 Å². The van der Waals surface area contributed by atoms with E-state index in [2.05, 4.69) is 15.9 Å². The predicted molar refractivity (Wildman–Crippen MR) is 63.8 cm³/mol. The number of nitrogens with zero attached hydrogens (tertiary/aromatic N) is 1. The average Bonchev–Trinajstić information content (AvgIpc) is 2.09. The van der Waals surface area contributed by atoms with Crippen molar-refractivity contribution in [1.82, 2.24) is 0 Å². The summed E-state index contributed by atoms with van der Waals surface area (Å²) in [6, 6.07) is 5.73. The Labute approximate surface area is 98.7 Å². The minimum absolute atomic E-state index is 0.127. The molecule has 1 aromatic carbocycles. The standard InChI is InChI=1S/C12H14BrNO/c1-12(2,3)10-7-9(13)6-8(4-5-14)11(10)15/h6-7,15H,4H2,1-3H3. The maximum Gasteiger partial charge on any atom is 0.123 e. The van der Waals surface area contributed by atoms with Gasteiger partial charge in [0.25, 0.3) is 0 Å². The van der Waals surface area contributed by atoms with E-state index in [4.69, 9.17) is 5.26 Å². The molecule has 0 radical (unpaired) electrons. The van der Waals surface area contributed by atoms with Crippen LogP contribution in [0, 0.1) is 11.3 Å². The van der Waals surface area contributed by atoms with Gasteiger partial charge in [-0.2, -0.15) is 5.26 Å². The van der Waals surface area contributed by atoms with Crippen LogP contribution in [0.4, 0.5) is 0 Å². The highest BCUT2D eigenvalue weighted by molar-refractivity contribution is 9.10. The molecule has 0 atom stereocenters. The lowest BCUT2D eigenvalue weighted by Gasteiger charge is -2.22. The third-order valence-corrected chi connectivity index (χ3v) is 2.69. The van der Waals surface area contributed by atoms with Crippen molar-refractivity contribution >= 4 is 15.9 Å². The van der Waals surface area contributed by atoms with Crippen LogP contribution in [-0.2, 0) is 11.8 Å². The number of aromatic hydroxyl groups is 1. The first-order chi connectivity index (χ1) is 6.86. The molecule has 80 valence electrons. The van der Waals surface area contributed by atoms with E-state index >= 15 is 0 Å². The first kappa shape index (κ1) is 12.1. The highest BCUT2D eigenvalue weighted by Gasteiger charge is 2.20. The van der Waals surface area contributed by atoms with Gasteiger partial charge < -0.3 is 5.11 Å². The Hall–Kier alpha value is -1.01. The number of nitriles is 1.